The Hall–Kier alpha value is -3.84. The maximum absolute atomic E-state index is 9.55. The average molecular weight is 365 g/mol. The van der Waals surface area contributed by atoms with E-state index in [0.717, 1.165) is 27.9 Å². The summed E-state index contributed by atoms with van der Waals surface area (Å²) in [6.45, 7) is 2.59. The number of ether oxygens (including phenoxy) is 1. The highest BCUT2D eigenvalue weighted by atomic mass is 16.5. The third kappa shape index (κ3) is 3.94. The predicted molar refractivity (Wildman–Crippen MR) is 112 cm³/mol. The monoisotopic (exact) mass is 365 g/mol. The van der Waals surface area contributed by atoms with Gasteiger partial charge in [-0.05, 0) is 48.4 Å². The average Bonchev–Trinajstić information content (AvgIpc) is 3.16. The van der Waals surface area contributed by atoms with Crippen LogP contribution in [0.5, 0.6) is 5.75 Å². The van der Waals surface area contributed by atoms with E-state index in [1.807, 2.05) is 54.6 Å². The highest BCUT2D eigenvalue weighted by Gasteiger charge is 2.07. The van der Waals surface area contributed by atoms with Gasteiger partial charge >= 0.3 is 0 Å². The number of allylic oxidation sites excluding steroid dienone is 1. The summed E-state index contributed by atoms with van der Waals surface area (Å²) in [7, 11) is 0. The van der Waals surface area contributed by atoms with Crippen molar-refractivity contribution in [3.05, 3.63) is 95.3 Å². The third-order valence-corrected chi connectivity index (χ3v) is 4.48. The molecule has 1 N–H and O–H groups in total. The molecule has 1 aromatic heterocycles. The molecule has 0 atom stereocenters. The second kappa shape index (κ2) is 7.81. The highest BCUT2D eigenvalue weighted by molar-refractivity contribution is 5.90. The van der Waals surface area contributed by atoms with Crippen molar-refractivity contribution in [1.82, 2.24) is 9.97 Å². The molecule has 0 fully saturated rings. The lowest BCUT2D eigenvalue weighted by atomic mass is 10.1. The topological polar surface area (TPSA) is 61.7 Å². The molecular weight excluding hydrogens is 346 g/mol. The van der Waals surface area contributed by atoms with Crippen LogP contribution in [0, 0.1) is 18.3 Å². The van der Waals surface area contributed by atoms with Gasteiger partial charge in [-0.25, -0.2) is 4.98 Å². The van der Waals surface area contributed by atoms with Gasteiger partial charge in [0.2, 0.25) is 0 Å². The Kier molecular flexibility index (Phi) is 4.90. The Bertz CT molecular complexity index is 1130. The molecule has 4 aromatic rings. The lowest BCUT2D eigenvalue weighted by molar-refractivity contribution is 0.306. The number of imidazole rings is 1. The molecule has 0 unspecified atom stereocenters. The zero-order chi connectivity index (χ0) is 19.3. The second-order valence-electron chi connectivity index (χ2n) is 6.62. The van der Waals surface area contributed by atoms with Crippen LogP contribution in [0.1, 0.15) is 22.5 Å². The molecule has 1 heterocycles. The second-order valence-corrected chi connectivity index (χ2v) is 6.62. The number of hydrogen-bond acceptors (Lipinski definition) is 3. The van der Waals surface area contributed by atoms with Crippen molar-refractivity contribution in [3.63, 3.8) is 0 Å². The summed E-state index contributed by atoms with van der Waals surface area (Å²) in [5, 5.41) is 9.55. The predicted octanol–water partition coefficient (Wildman–Crippen LogP) is 5.51. The Morgan fingerprint density at radius 2 is 1.79 bits per heavy atom. The molecule has 0 aliphatic carbocycles. The summed E-state index contributed by atoms with van der Waals surface area (Å²) in [5.74, 6) is 1.36. The highest BCUT2D eigenvalue weighted by Crippen LogP contribution is 2.21. The van der Waals surface area contributed by atoms with Crippen molar-refractivity contribution in [2.24, 2.45) is 0 Å². The number of aryl methyl sites for hydroxylation is 1. The van der Waals surface area contributed by atoms with Gasteiger partial charge in [-0.1, -0.05) is 54.1 Å². The van der Waals surface area contributed by atoms with E-state index in [0.29, 0.717) is 18.0 Å². The summed E-state index contributed by atoms with van der Waals surface area (Å²) >= 11 is 0. The molecule has 0 saturated carbocycles. The number of nitrogens with zero attached hydrogens (tertiary/aromatic N) is 2. The van der Waals surface area contributed by atoms with E-state index in [2.05, 4.69) is 47.2 Å². The van der Waals surface area contributed by atoms with Crippen LogP contribution in [-0.2, 0) is 6.61 Å². The minimum atomic E-state index is 0.490. The molecule has 0 bridgehead atoms. The molecule has 0 aliphatic rings. The molecule has 0 aliphatic heterocycles. The van der Waals surface area contributed by atoms with Crippen LogP contribution in [0.15, 0.2) is 72.8 Å². The number of para-hydroxylation sites is 2. The Labute approximate surface area is 163 Å². The van der Waals surface area contributed by atoms with Crippen molar-refractivity contribution in [2.45, 2.75) is 13.5 Å². The number of rotatable bonds is 5. The molecule has 0 spiro atoms. The van der Waals surface area contributed by atoms with Crippen molar-refractivity contribution in [3.8, 4) is 11.8 Å². The number of aromatic nitrogens is 2. The molecular formula is C24H19N3O. The van der Waals surface area contributed by atoms with Crippen LogP contribution in [-0.4, -0.2) is 9.97 Å². The molecule has 0 saturated heterocycles. The number of nitrogens with one attached hydrogen (secondary N) is 1. The lowest BCUT2D eigenvalue weighted by Gasteiger charge is -2.07. The van der Waals surface area contributed by atoms with Gasteiger partial charge in [0.15, 0.2) is 0 Å². The molecule has 4 rings (SSSR count). The summed E-state index contributed by atoms with van der Waals surface area (Å²) in [6.07, 6.45) is 1.82. The maximum Gasteiger partial charge on any atom is 0.149 e. The molecule has 3 aromatic carbocycles. The van der Waals surface area contributed by atoms with Crippen molar-refractivity contribution in [2.75, 3.05) is 0 Å². The Balaban J connectivity index is 1.49. The molecule has 0 amide bonds. The van der Waals surface area contributed by atoms with Gasteiger partial charge in [-0.3, -0.25) is 0 Å². The third-order valence-electron chi connectivity index (χ3n) is 4.48. The fraction of sp³-hybridized carbons (Fsp3) is 0.0833. The van der Waals surface area contributed by atoms with Gasteiger partial charge in [0.05, 0.1) is 16.6 Å². The Morgan fingerprint density at radius 3 is 2.50 bits per heavy atom. The molecule has 4 nitrogen and oxygen atoms in total. The summed E-state index contributed by atoms with van der Waals surface area (Å²) in [5.41, 5.74) is 5.53. The zero-order valence-corrected chi connectivity index (χ0v) is 15.5. The minimum Gasteiger partial charge on any atom is -0.489 e. The van der Waals surface area contributed by atoms with Crippen molar-refractivity contribution in [1.29, 1.82) is 5.26 Å². The first-order valence-electron chi connectivity index (χ1n) is 9.06. The molecule has 4 heteroatoms. The van der Waals surface area contributed by atoms with Gasteiger partial charge in [0.25, 0.3) is 0 Å². The van der Waals surface area contributed by atoms with Gasteiger partial charge in [-0.2, -0.15) is 5.26 Å². The van der Waals surface area contributed by atoms with Gasteiger partial charge in [-0.15, -0.1) is 0 Å². The first-order chi connectivity index (χ1) is 13.7. The van der Waals surface area contributed by atoms with E-state index in [-0.39, 0.29) is 0 Å². The fourth-order valence-corrected chi connectivity index (χ4v) is 2.91. The van der Waals surface area contributed by atoms with Crippen molar-refractivity contribution >= 4 is 22.7 Å². The SMILES string of the molecule is Cc1ccc(COc2ccc(/C=C(/C#N)c3nc4ccccc4[nH]3)cc2)cc1. The Morgan fingerprint density at radius 1 is 1.04 bits per heavy atom. The number of fused-ring (bicyclic) bond motifs is 1. The summed E-state index contributed by atoms with van der Waals surface area (Å²) in [4.78, 5) is 7.69. The fourth-order valence-electron chi connectivity index (χ4n) is 2.91. The van der Waals surface area contributed by atoms with E-state index in [9.17, 15) is 5.26 Å². The first kappa shape index (κ1) is 17.6. The van der Waals surface area contributed by atoms with Crippen LogP contribution >= 0.6 is 0 Å². The molecule has 0 radical (unpaired) electrons. The quantitative estimate of drug-likeness (QED) is 0.474. The lowest BCUT2D eigenvalue weighted by Crippen LogP contribution is -1.95. The number of H-pyrrole nitrogens is 1. The maximum atomic E-state index is 9.55. The summed E-state index contributed by atoms with van der Waals surface area (Å²) < 4.78 is 5.84. The molecule has 136 valence electrons. The number of hydrogen-bond donors (Lipinski definition) is 1. The van der Waals surface area contributed by atoms with E-state index in [1.54, 1.807) is 0 Å². The minimum absolute atomic E-state index is 0.490. The first-order valence-corrected chi connectivity index (χ1v) is 9.06. The summed E-state index contributed by atoms with van der Waals surface area (Å²) in [6, 6.07) is 25.9. The van der Waals surface area contributed by atoms with Gasteiger partial charge in [0.1, 0.15) is 24.3 Å². The largest absolute Gasteiger partial charge is 0.489 e. The number of aromatic amines is 1. The van der Waals surface area contributed by atoms with Crippen LogP contribution in [0.25, 0.3) is 22.7 Å². The van der Waals surface area contributed by atoms with Crippen molar-refractivity contribution < 1.29 is 4.74 Å². The van der Waals surface area contributed by atoms with Crippen LogP contribution < -0.4 is 4.74 Å². The number of nitriles is 1. The molecule has 28 heavy (non-hydrogen) atoms. The van der Waals surface area contributed by atoms with Crippen LogP contribution in [0.4, 0.5) is 0 Å². The normalized spacial score (nSPS) is 11.4. The van der Waals surface area contributed by atoms with E-state index >= 15 is 0 Å². The standard InChI is InChI=1S/C24H19N3O/c1-17-6-8-19(9-7-17)16-28-21-12-10-18(11-13-21)14-20(15-25)24-26-22-4-2-3-5-23(22)27-24/h2-14H,16H2,1H3,(H,26,27)/b20-14-. The van der Waals surface area contributed by atoms with E-state index in [1.165, 1.54) is 5.56 Å². The van der Waals surface area contributed by atoms with Gasteiger partial charge < -0.3 is 9.72 Å². The van der Waals surface area contributed by atoms with Crippen LogP contribution in [0.2, 0.25) is 0 Å². The number of benzene rings is 3. The van der Waals surface area contributed by atoms with E-state index in [4.69, 9.17) is 4.74 Å². The van der Waals surface area contributed by atoms with E-state index < -0.39 is 0 Å². The van der Waals surface area contributed by atoms with Gasteiger partial charge in [0, 0.05) is 0 Å². The van der Waals surface area contributed by atoms with Crippen LogP contribution in [0.3, 0.4) is 0 Å². The smallest absolute Gasteiger partial charge is 0.149 e. The zero-order valence-electron chi connectivity index (χ0n) is 15.5.